The van der Waals surface area contributed by atoms with Gasteiger partial charge in [-0.2, -0.15) is 10.2 Å². The molecule has 5 aromatic rings. The van der Waals surface area contributed by atoms with E-state index in [4.69, 9.17) is 14.3 Å². The normalized spacial score (nSPS) is 11.0. The third-order valence-electron chi connectivity index (χ3n) is 5.31. The van der Waals surface area contributed by atoms with E-state index in [1.165, 1.54) is 0 Å². The molecule has 7 nitrogen and oxygen atoms in total. The Labute approximate surface area is 216 Å². The van der Waals surface area contributed by atoms with Crippen molar-refractivity contribution < 1.29 is 13.9 Å². The molecule has 0 aliphatic rings. The highest BCUT2D eigenvalue weighted by Gasteiger charge is 2.13. The highest BCUT2D eigenvalue weighted by molar-refractivity contribution is 9.10. The molecule has 36 heavy (non-hydrogen) atoms. The van der Waals surface area contributed by atoms with Crippen molar-refractivity contribution in [3.63, 3.8) is 0 Å². The third kappa shape index (κ3) is 5.61. The van der Waals surface area contributed by atoms with Crippen LogP contribution < -0.4 is 10.2 Å². The lowest BCUT2D eigenvalue weighted by atomic mass is 10.1. The van der Waals surface area contributed by atoms with Gasteiger partial charge in [0.05, 0.1) is 11.9 Å². The quantitative estimate of drug-likeness (QED) is 0.186. The van der Waals surface area contributed by atoms with Gasteiger partial charge in [0.1, 0.15) is 18.1 Å². The van der Waals surface area contributed by atoms with Gasteiger partial charge in [-0.25, -0.2) is 10.1 Å². The lowest BCUT2D eigenvalue weighted by Crippen LogP contribution is -2.16. The molecule has 0 unspecified atom stereocenters. The highest BCUT2D eigenvalue weighted by Crippen LogP contribution is 2.25. The number of rotatable bonds is 8. The summed E-state index contributed by atoms with van der Waals surface area (Å²) in [4.78, 5) is 12.3. The molecule has 0 aliphatic heterocycles. The van der Waals surface area contributed by atoms with Crippen molar-refractivity contribution in [3.05, 3.63) is 125 Å². The van der Waals surface area contributed by atoms with Crippen LogP contribution >= 0.6 is 15.9 Å². The van der Waals surface area contributed by atoms with E-state index in [2.05, 4.69) is 26.5 Å². The van der Waals surface area contributed by atoms with Crippen LogP contribution in [0.3, 0.4) is 0 Å². The molecule has 0 spiro atoms. The number of carbonyl (C=O) groups excluding carboxylic acids is 1. The summed E-state index contributed by atoms with van der Waals surface area (Å²) >= 11 is 3.19. The van der Waals surface area contributed by atoms with Gasteiger partial charge in [0, 0.05) is 17.3 Å². The Bertz CT molecular complexity index is 1480. The van der Waals surface area contributed by atoms with Crippen molar-refractivity contribution in [2.75, 3.05) is 0 Å². The molecule has 1 amide bonds. The molecule has 2 aromatic heterocycles. The standard InChI is InChI=1S/C28H21BrN4O3/c29-26-16-15-25(36-26)28(34)31-30-17-22-18-33(23-9-5-2-6-10-23)32-27(22)21-11-13-24(14-12-21)35-19-20-7-3-1-4-8-20/h1-18H,19H2,(H,31,34)/b30-17+. The van der Waals surface area contributed by atoms with Crippen LogP contribution in [0.1, 0.15) is 21.7 Å². The van der Waals surface area contributed by atoms with Crippen molar-refractivity contribution in [3.8, 4) is 22.7 Å². The van der Waals surface area contributed by atoms with E-state index in [1.807, 2.05) is 91.1 Å². The van der Waals surface area contributed by atoms with E-state index in [9.17, 15) is 4.79 Å². The van der Waals surface area contributed by atoms with Crippen molar-refractivity contribution in [2.24, 2.45) is 5.10 Å². The number of para-hydroxylation sites is 1. The molecule has 178 valence electrons. The number of halogens is 1. The van der Waals surface area contributed by atoms with Crippen molar-refractivity contribution in [1.29, 1.82) is 0 Å². The largest absolute Gasteiger partial charge is 0.489 e. The fourth-order valence-electron chi connectivity index (χ4n) is 3.52. The molecule has 3 aromatic carbocycles. The van der Waals surface area contributed by atoms with Crippen LogP contribution in [-0.2, 0) is 6.61 Å². The van der Waals surface area contributed by atoms with Gasteiger partial charge in [-0.1, -0.05) is 48.5 Å². The molecule has 5 rings (SSSR count). The van der Waals surface area contributed by atoms with Gasteiger partial charge in [0.2, 0.25) is 0 Å². The monoisotopic (exact) mass is 540 g/mol. The summed E-state index contributed by atoms with van der Waals surface area (Å²) < 4.78 is 13.4. The number of hydrogen-bond acceptors (Lipinski definition) is 5. The first-order valence-corrected chi connectivity index (χ1v) is 12.0. The van der Waals surface area contributed by atoms with Gasteiger partial charge >= 0.3 is 5.91 Å². The van der Waals surface area contributed by atoms with E-state index in [0.717, 1.165) is 28.1 Å². The predicted octanol–water partition coefficient (Wildman–Crippen LogP) is 6.24. The van der Waals surface area contributed by atoms with Gasteiger partial charge in [0.15, 0.2) is 10.4 Å². The molecule has 0 saturated heterocycles. The number of amides is 1. The molecular weight excluding hydrogens is 520 g/mol. The Morgan fingerprint density at radius 1 is 0.972 bits per heavy atom. The lowest BCUT2D eigenvalue weighted by Gasteiger charge is -2.07. The summed E-state index contributed by atoms with van der Waals surface area (Å²) in [6, 6.07) is 30.7. The summed E-state index contributed by atoms with van der Waals surface area (Å²) in [6.07, 6.45) is 3.43. The van der Waals surface area contributed by atoms with Crippen LogP contribution in [0, 0.1) is 0 Å². The summed E-state index contributed by atoms with van der Waals surface area (Å²) in [6.45, 7) is 0.493. The third-order valence-corrected chi connectivity index (χ3v) is 5.73. The maximum Gasteiger partial charge on any atom is 0.307 e. The molecule has 0 aliphatic carbocycles. The Morgan fingerprint density at radius 3 is 2.39 bits per heavy atom. The van der Waals surface area contributed by atoms with Crippen LogP contribution in [0.4, 0.5) is 0 Å². The van der Waals surface area contributed by atoms with Gasteiger partial charge in [0.25, 0.3) is 0 Å². The van der Waals surface area contributed by atoms with E-state index in [1.54, 1.807) is 23.0 Å². The van der Waals surface area contributed by atoms with E-state index >= 15 is 0 Å². The van der Waals surface area contributed by atoms with Gasteiger partial charge < -0.3 is 9.15 Å². The number of furan rings is 1. The fraction of sp³-hybridized carbons (Fsp3) is 0.0357. The Balaban J connectivity index is 1.37. The van der Waals surface area contributed by atoms with Crippen molar-refractivity contribution in [1.82, 2.24) is 15.2 Å². The van der Waals surface area contributed by atoms with Crippen LogP contribution in [0.5, 0.6) is 5.75 Å². The second-order valence-electron chi connectivity index (χ2n) is 7.81. The first kappa shape index (κ1) is 23.3. The van der Waals surface area contributed by atoms with E-state index in [0.29, 0.717) is 17.0 Å². The van der Waals surface area contributed by atoms with Gasteiger partial charge in [-0.15, -0.1) is 0 Å². The molecule has 0 fully saturated rings. The average molecular weight is 541 g/mol. The van der Waals surface area contributed by atoms with Crippen LogP contribution in [0.2, 0.25) is 0 Å². The van der Waals surface area contributed by atoms with Crippen LogP contribution in [0.15, 0.2) is 117 Å². The first-order valence-electron chi connectivity index (χ1n) is 11.2. The zero-order valence-corrected chi connectivity index (χ0v) is 20.6. The Morgan fingerprint density at radius 2 is 1.69 bits per heavy atom. The fourth-order valence-corrected chi connectivity index (χ4v) is 3.83. The molecule has 0 saturated carbocycles. The number of ether oxygens (including phenoxy) is 1. The minimum atomic E-state index is -0.450. The summed E-state index contributed by atoms with van der Waals surface area (Å²) in [5.74, 6) is 0.469. The van der Waals surface area contributed by atoms with Crippen LogP contribution in [0.25, 0.3) is 16.9 Å². The second kappa shape index (κ2) is 10.9. The molecule has 0 radical (unpaired) electrons. The first-order chi connectivity index (χ1) is 17.7. The van der Waals surface area contributed by atoms with Gasteiger partial charge in [-0.05, 0) is 70.0 Å². The Kier molecular flexibility index (Phi) is 7.05. The number of benzene rings is 3. The lowest BCUT2D eigenvalue weighted by molar-refractivity contribution is 0.0926. The SMILES string of the molecule is O=C(N/N=C/c1cn(-c2ccccc2)nc1-c1ccc(OCc2ccccc2)cc1)c1ccc(Br)o1. The highest BCUT2D eigenvalue weighted by atomic mass is 79.9. The minimum Gasteiger partial charge on any atom is -0.489 e. The molecule has 8 heteroatoms. The number of nitrogens with one attached hydrogen (secondary N) is 1. The predicted molar refractivity (Wildman–Crippen MR) is 141 cm³/mol. The topological polar surface area (TPSA) is 81.7 Å². The minimum absolute atomic E-state index is 0.158. The number of nitrogens with zero attached hydrogens (tertiary/aromatic N) is 3. The molecule has 0 atom stereocenters. The van der Waals surface area contributed by atoms with Crippen molar-refractivity contribution in [2.45, 2.75) is 6.61 Å². The molecule has 1 N–H and O–H groups in total. The molecular formula is C28H21BrN4O3. The Hall–Kier alpha value is -4.43. The zero-order valence-electron chi connectivity index (χ0n) is 19.0. The summed E-state index contributed by atoms with van der Waals surface area (Å²) in [7, 11) is 0. The van der Waals surface area contributed by atoms with Gasteiger partial charge in [-0.3, -0.25) is 4.79 Å². The van der Waals surface area contributed by atoms with Crippen molar-refractivity contribution >= 4 is 28.1 Å². The molecule has 0 bridgehead atoms. The number of aromatic nitrogens is 2. The zero-order chi connectivity index (χ0) is 24.7. The summed E-state index contributed by atoms with van der Waals surface area (Å²) in [5.41, 5.74) is 6.84. The number of hydrogen-bond donors (Lipinski definition) is 1. The smallest absolute Gasteiger partial charge is 0.307 e. The second-order valence-corrected chi connectivity index (χ2v) is 8.60. The summed E-state index contributed by atoms with van der Waals surface area (Å²) in [5, 5.41) is 8.90. The van der Waals surface area contributed by atoms with E-state index in [-0.39, 0.29) is 5.76 Å². The van der Waals surface area contributed by atoms with E-state index < -0.39 is 5.91 Å². The van der Waals surface area contributed by atoms with Crippen LogP contribution in [-0.4, -0.2) is 21.9 Å². The maximum absolute atomic E-state index is 12.3. The number of hydrazone groups is 1. The maximum atomic E-state index is 12.3. The average Bonchev–Trinajstić information content (AvgIpc) is 3.55. The molecule has 2 heterocycles. The number of carbonyl (C=O) groups is 1.